The molecule has 0 aliphatic rings. The number of rotatable bonds is 6. The summed E-state index contributed by atoms with van der Waals surface area (Å²) in [4.78, 5) is 0. The molecule has 0 saturated carbocycles. The van der Waals surface area contributed by atoms with Crippen LogP contribution in [0.5, 0.6) is 5.75 Å². The minimum Gasteiger partial charge on any atom is -0.496 e. The molecule has 0 heterocycles. The van der Waals surface area contributed by atoms with Gasteiger partial charge in [-0.3, -0.25) is 0 Å². The fourth-order valence-corrected chi connectivity index (χ4v) is 2.36. The van der Waals surface area contributed by atoms with Crippen molar-refractivity contribution in [3.63, 3.8) is 0 Å². The average Bonchev–Trinajstić information content (AvgIpc) is 2.52. The Morgan fingerprint density at radius 1 is 0.952 bits per heavy atom. The van der Waals surface area contributed by atoms with E-state index in [0.29, 0.717) is 0 Å². The third-order valence-electron chi connectivity index (χ3n) is 3.63. The third-order valence-corrected chi connectivity index (χ3v) is 3.63. The van der Waals surface area contributed by atoms with E-state index in [2.05, 4.69) is 68.5 Å². The molecular formula is C20H24O. The van der Waals surface area contributed by atoms with Gasteiger partial charge in [-0.15, -0.1) is 0 Å². The Hall–Kier alpha value is -2.02. The fourth-order valence-electron chi connectivity index (χ4n) is 2.36. The van der Waals surface area contributed by atoms with Gasteiger partial charge < -0.3 is 4.74 Å². The van der Waals surface area contributed by atoms with Gasteiger partial charge in [0.2, 0.25) is 0 Å². The number of aryl methyl sites for hydroxylation is 2. The average molecular weight is 280 g/mol. The highest BCUT2D eigenvalue weighted by Crippen LogP contribution is 2.22. The number of allylic oxidation sites excluding steroid dienone is 2. The minimum absolute atomic E-state index is 0.935. The number of methoxy groups -OCH3 is 1. The lowest BCUT2D eigenvalue weighted by atomic mass is 10.0. The summed E-state index contributed by atoms with van der Waals surface area (Å²) in [5, 5.41) is 0. The maximum absolute atomic E-state index is 5.54. The van der Waals surface area contributed by atoms with Crippen LogP contribution < -0.4 is 4.74 Å². The Labute approximate surface area is 128 Å². The predicted molar refractivity (Wildman–Crippen MR) is 90.0 cm³/mol. The quantitative estimate of drug-likeness (QED) is 0.677. The maximum atomic E-state index is 5.54. The number of hydrogen-bond acceptors (Lipinski definition) is 1. The Morgan fingerprint density at radius 2 is 1.67 bits per heavy atom. The first-order chi connectivity index (χ1) is 10.2. The molecule has 0 N–H and O–H groups in total. The standard InChI is InChI=1S/C20H24O/c1-16(2)9-13-19-14-12-18(15-20(19)21-3)11-10-17-7-5-4-6-8-17/h4-9,12,14-15H,10-11,13H2,1-3H3. The van der Waals surface area contributed by atoms with Crippen LogP contribution in [-0.4, -0.2) is 7.11 Å². The van der Waals surface area contributed by atoms with Crippen molar-refractivity contribution in [1.82, 2.24) is 0 Å². The number of benzene rings is 2. The van der Waals surface area contributed by atoms with Gasteiger partial charge in [0, 0.05) is 0 Å². The van der Waals surface area contributed by atoms with Crippen LogP contribution in [0.3, 0.4) is 0 Å². The van der Waals surface area contributed by atoms with Crippen molar-refractivity contribution >= 4 is 0 Å². The first-order valence-electron chi connectivity index (χ1n) is 7.52. The monoisotopic (exact) mass is 280 g/mol. The summed E-state index contributed by atoms with van der Waals surface area (Å²) in [5.74, 6) is 0.998. The predicted octanol–water partition coefficient (Wildman–Crippen LogP) is 4.99. The van der Waals surface area contributed by atoms with Crippen molar-refractivity contribution in [2.45, 2.75) is 33.1 Å². The zero-order valence-electron chi connectivity index (χ0n) is 13.2. The topological polar surface area (TPSA) is 9.23 Å². The highest BCUT2D eigenvalue weighted by molar-refractivity contribution is 5.39. The van der Waals surface area contributed by atoms with E-state index in [4.69, 9.17) is 4.74 Å². The number of ether oxygens (including phenoxy) is 1. The Balaban J connectivity index is 2.06. The van der Waals surface area contributed by atoms with Gasteiger partial charge in [-0.05, 0) is 55.9 Å². The van der Waals surface area contributed by atoms with Crippen LogP contribution in [0.4, 0.5) is 0 Å². The molecule has 0 fully saturated rings. The summed E-state index contributed by atoms with van der Waals surface area (Å²) in [5.41, 5.74) is 5.30. The molecule has 0 unspecified atom stereocenters. The molecule has 0 atom stereocenters. The minimum atomic E-state index is 0.935. The van der Waals surface area contributed by atoms with Crippen LogP contribution in [0.1, 0.15) is 30.5 Å². The summed E-state index contributed by atoms with van der Waals surface area (Å²) >= 11 is 0. The molecule has 2 aromatic carbocycles. The van der Waals surface area contributed by atoms with E-state index in [1.54, 1.807) is 7.11 Å². The van der Waals surface area contributed by atoms with Crippen molar-refractivity contribution in [3.05, 3.63) is 76.9 Å². The smallest absolute Gasteiger partial charge is 0.122 e. The van der Waals surface area contributed by atoms with Gasteiger partial charge in [-0.2, -0.15) is 0 Å². The molecule has 0 saturated heterocycles. The van der Waals surface area contributed by atoms with E-state index in [1.165, 1.54) is 22.3 Å². The van der Waals surface area contributed by atoms with Crippen molar-refractivity contribution in [1.29, 1.82) is 0 Å². The Bertz CT molecular complexity index is 592. The molecule has 21 heavy (non-hydrogen) atoms. The third kappa shape index (κ3) is 4.78. The van der Waals surface area contributed by atoms with Gasteiger partial charge in [-0.1, -0.05) is 54.1 Å². The van der Waals surface area contributed by atoms with Crippen LogP contribution in [0.25, 0.3) is 0 Å². The van der Waals surface area contributed by atoms with E-state index in [9.17, 15) is 0 Å². The van der Waals surface area contributed by atoms with Gasteiger partial charge in [0.15, 0.2) is 0 Å². The molecule has 0 aliphatic carbocycles. The van der Waals surface area contributed by atoms with Gasteiger partial charge in [0.05, 0.1) is 7.11 Å². The fraction of sp³-hybridized carbons (Fsp3) is 0.300. The summed E-state index contributed by atoms with van der Waals surface area (Å²) in [6.45, 7) is 4.25. The zero-order chi connectivity index (χ0) is 15.1. The second-order valence-electron chi connectivity index (χ2n) is 5.62. The van der Waals surface area contributed by atoms with Crippen molar-refractivity contribution < 1.29 is 4.74 Å². The van der Waals surface area contributed by atoms with E-state index in [0.717, 1.165) is 25.0 Å². The molecular weight excluding hydrogens is 256 g/mol. The molecule has 0 aromatic heterocycles. The van der Waals surface area contributed by atoms with Crippen molar-refractivity contribution in [2.75, 3.05) is 7.11 Å². The second-order valence-corrected chi connectivity index (χ2v) is 5.62. The van der Waals surface area contributed by atoms with Gasteiger partial charge >= 0.3 is 0 Å². The SMILES string of the molecule is COc1cc(CCc2ccccc2)ccc1CC=C(C)C. The molecule has 0 bridgehead atoms. The summed E-state index contributed by atoms with van der Waals surface area (Å²) in [7, 11) is 1.75. The van der Waals surface area contributed by atoms with E-state index < -0.39 is 0 Å². The van der Waals surface area contributed by atoms with Crippen LogP contribution in [-0.2, 0) is 19.3 Å². The molecule has 110 valence electrons. The molecule has 0 aliphatic heterocycles. The lowest BCUT2D eigenvalue weighted by Gasteiger charge is -2.10. The van der Waals surface area contributed by atoms with E-state index in [1.807, 2.05) is 0 Å². The highest BCUT2D eigenvalue weighted by atomic mass is 16.5. The van der Waals surface area contributed by atoms with Crippen LogP contribution in [0, 0.1) is 0 Å². The Morgan fingerprint density at radius 3 is 2.33 bits per heavy atom. The molecule has 2 rings (SSSR count). The second kappa shape index (κ2) is 7.68. The highest BCUT2D eigenvalue weighted by Gasteiger charge is 2.04. The lowest BCUT2D eigenvalue weighted by molar-refractivity contribution is 0.410. The summed E-state index contributed by atoms with van der Waals surface area (Å²) in [6.07, 6.45) is 5.28. The van der Waals surface area contributed by atoms with E-state index in [-0.39, 0.29) is 0 Å². The maximum Gasteiger partial charge on any atom is 0.122 e. The van der Waals surface area contributed by atoms with E-state index >= 15 is 0 Å². The summed E-state index contributed by atoms with van der Waals surface area (Å²) < 4.78 is 5.54. The lowest BCUT2D eigenvalue weighted by Crippen LogP contribution is -1.96. The Kier molecular flexibility index (Phi) is 5.62. The summed E-state index contributed by atoms with van der Waals surface area (Å²) in [6, 6.07) is 17.2. The first-order valence-corrected chi connectivity index (χ1v) is 7.52. The number of hydrogen-bond donors (Lipinski definition) is 0. The normalized spacial score (nSPS) is 10.2. The largest absolute Gasteiger partial charge is 0.496 e. The first kappa shape index (κ1) is 15.4. The molecule has 0 spiro atoms. The molecule has 1 nitrogen and oxygen atoms in total. The van der Waals surface area contributed by atoms with Crippen LogP contribution in [0.15, 0.2) is 60.2 Å². The molecule has 0 radical (unpaired) electrons. The van der Waals surface area contributed by atoms with Crippen molar-refractivity contribution in [2.24, 2.45) is 0 Å². The van der Waals surface area contributed by atoms with Crippen LogP contribution >= 0.6 is 0 Å². The molecule has 2 aromatic rings. The van der Waals surface area contributed by atoms with Gasteiger partial charge in [0.25, 0.3) is 0 Å². The van der Waals surface area contributed by atoms with Gasteiger partial charge in [0.1, 0.15) is 5.75 Å². The molecule has 0 amide bonds. The van der Waals surface area contributed by atoms with Gasteiger partial charge in [-0.25, -0.2) is 0 Å². The molecule has 1 heteroatoms. The zero-order valence-corrected chi connectivity index (χ0v) is 13.2. The van der Waals surface area contributed by atoms with Crippen LogP contribution in [0.2, 0.25) is 0 Å². The van der Waals surface area contributed by atoms with Crippen molar-refractivity contribution in [3.8, 4) is 5.75 Å².